The average Bonchev–Trinajstić information content (AvgIpc) is 3.40. The summed E-state index contributed by atoms with van der Waals surface area (Å²) in [7, 11) is 1.36. The molecule has 0 radical (unpaired) electrons. The summed E-state index contributed by atoms with van der Waals surface area (Å²) in [4.78, 5) is 78.7. The van der Waals surface area contributed by atoms with Crippen LogP contribution in [0, 0.1) is 38.7 Å². The Morgan fingerprint density at radius 3 is 2.60 bits per heavy atom. The van der Waals surface area contributed by atoms with Gasteiger partial charge in [0, 0.05) is 29.2 Å². The van der Waals surface area contributed by atoms with Crippen LogP contribution in [0.2, 0.25) is 0 Å². The van der Waals surface area contributed by atoms with Crippen LogP contribution in [0.4, 0.5) is 4.79 Å². The smallest absolute Gasteiger partial charge is 0.493 e. The van der Waals surface area contributed by atoms with E-state index >= 15 is 0 Å². The first-order chi connectivity index (χ1) is 25.2. The maximum Gasteiger partial charge on any atom is 0.509 e. The highest BCUT2D eigenvalue weighted by Crippen LogP contribution is 2.68. The number of hydrogen-bond acceptors (Lipinski definition) is 14. The van der Waals surface area contributed by atoms with Crippen molar-refractivity contribution in [1.29, 1.82) is 0 Å². The molecule has 0 heterocycles. The molecule has 0 amide bonds. The molecule has 0 aromatic heterocycles. The highest BCUT2D eigenvalue weighted by atomic mass is 16.9. The van der Waals surface area contributed by atoms with Gasteiger partial charge in [0.1, 0.15) is 0 Å². The van der Waals surface area contributed by atoms with Crippen molar-refractivity contribution in [2.75, 3.05) is 26.9 Å². The van der Waals surface area contributed by atoms with Gasteiger partial charge in [0.15, 0.2) is 29.5 Å². The van der Waals surface area contributed by atoms with Crippen molar-refractivity contribution in [3.05, 3.63) is 63.8 Å². The number of ketones is 2. The summed E-state index contributed by atoms with van der Waals surface area (Å²) in [5.41, 5.74) is -1.79. The molecule has 3 saturated carbocycles. The number of esters is 2. The van der Waals surface area contributed by atoms with Crippen molar-refractivity contribution in [1.82, 2.24) is 0 Å². The van der Waals surface area contributed by atoms with Crippen LogP contribution in [0.1, 0.15) is 71.3 Å². The van der Waals surface area contributed by atoms with Crippen LogP contribution >= 0.6 is 0 Å². The van der Waals surface area contributed by atoms with Gasteiger partial charge in [0.2, 0.25) is 5.78 Å². The van der Waals surface area contributed by atoms with Gasteiger partial charge in [-0.05, 0) is 93.2 Å². The average molecular weight is 740 g/mol. The molecule has 0 spiro atoms. The second kappa shape index (κ2) is 15.9. The molecule has 286 valence electrons. The molecule has 1 aromatic rings. The molecule has 15 nitrogen and oxygen atoms in total. The molecule has 5 rings (SSSR count). The number of fused-ring (bicyclic) bond motifs is 5. The third kappa shape index (κ3) is 7.85. The van der Waals surface area contributed by atoms with E-state index < -0.39 is 58.1 Å². The third-order valence-electron chi connectivity index (χ3n) is 11.5. The Labute approximate surface area is 306 Å². The van der Waals surface area contributed by atoms with Crippen LogP contribution in [0.25, 0.3) is 6.08 Å². The van der Waals surface area contributed by atoms with E-state index in [9.17, 15) is 39.2 Å². The number of carbonyl (C=O) groups is 5. The number of Topliss-reactive ketones (excluding diaryl/α,β-unsaturated/α-hetero) is 1. The Morgan fingerprint density at radius 1 is 1.11 bits per heavy atom. The molecule has 0 saturated heterocycles. The monoisotopic (exact) mass is 739 g/mol. The molecular weight excluding hydrogens is 694 g/mol. The number of ether oxygens (including phenoxy) is 5. The second-order valence-corrected chi connectivity index (χ2v) is 14.3. The van der Waals surface area contributed by atoms with Gasteiger partial charge < -0.3 is 33.6 Å². The number of hydrogen-bond donors (Lipinski definition) is 1. The van der Waals surface area contributed by atoms with Crippen LogP contribution in [-0.2, 0) is 38.2 Å². The molecular formula is C38H45NO14. The summed E-state index contributed by atoms with van der Waals surface area (Å²) in [5, 5.41) is 21.1. The summed E-state index contributed by atoms with van der Waals surface area (Å²) in [6.45, 7) is 4.58. The normalized spacial score (nSPS) is 29.9. The van der Waals surface area contributed by atoms with Gasteiger partial charge >= 0.3 is 18.1 Å². The summed E-state index contributed by atoms with van der Waals surface area (Å²) in [5.74, 6) is -2.27. The number of benzene rings is 1. The Bertz CT molecular complexity index is 1730. The highest BCUT2D eigenvalue weighted by molar-refractivity contribution is 6.01. The SMILES string of the molecule is CCOC(=O)O[C@]1(C(=O)COC(=O)/C=C/c2ccc(OC(=O)CCCO[N+](=O)[O-])c(OC)c2)CC[C@H]2[C@@H]3CCC4=CC(=O)C=C[C@]4(C)[C@H]3[C@@H](O)C[C@@]21C. The molecule has 7 atom stereocenters. The third-order valence-corrected chi connectivity index (χ3v) is 11.5. The van der Waals surface area contributed by atoms with E-state index in [0.29, 0.717) is 24.8 Å². The molecule has 4 aliphatic carbocycles. The minimum absolute atomic E-state index is 0.0184. The first-order valence-corrected chi connectivity index (χ1v) is 17.7. The minimum Gasteiger partial charge on any atom is -0.493 e. The number of methoxy groups -OCH3 is 1. The predicted molar refractivity (Wildman–Crippen MR) is 185 cm³/mol. The quantitative estimate of drug-likeness (QED) is 0.0673. The van der Waals surface area contributed by atoms with Gasteiger partial charge in [0.05, 0.1) is 26.4 Å². The summed E-state index contributed by atoms with van der Waals surface area (Å²) >= 11 is 0. The lowest BCUT2D eigenvalue weighted by Crippen LogP contribution is -2.63. The van der Waals surface area contributed by atoms with E-state index in [1.54, 1.807) is 25.1 Å². The lowest BCUT2D eigenvalue weighted by Gasteiger charge is -2.59. The zero-order chi connectivity index (χ0) is 38.6. The summed E-state index contributed by atoms with van der Waals surface area (Å²) in [6, 6.07) is 4.50. The molecule has 3 fully saturated rings. The van der Waals surface area contributed by atoms with Crippen LogP contribution in [0.15, 0.2) is 48.1 Å². The van der Waals surface area contributed by atoms with E-state index in [1.165, 1.54) is 25.3 Å². The number of rotatable bonds is 14. The summed E-state index contributed by atoms with van der Waals surface area (Å²) < 4.78 is 27.0. The number of nitrogens with zero attached hydrogens (tertiary/aromatic N) is 1. The molecule has 1 aromatic carbocycles. The first-order valence-electron chi connectivity index (χ1n) is 17.7. The number of allylic oxidation sites excluding steroid dienone is 4. The van der Waals surface area contributed by atoms with Gasteiger partial charge in [-0.3, -0.25) is 14.4 Å². The van der Waals surface area contributed by atoms with Crippen LogP contribution in [0.3, 0.4) is 0 Å². The lowest BCUT2D eigenvalue weighted by molar-refractivity contribution is -0.757. The highest BCUT2D eigenvalue weighted by Gasteiger charge is 2.70. The Hall–Kier alpha value is -5.05. The van der Waals surface area contributed by atoms with Crippen molar-refractivity contribution in [2.45, 2.75) is 77.4 Å². The standard InChI is InChI=1S/C38H45NO14/c1-5-49-35(45)53-38(17-15-27-26-11-10-24-20-25(40)14-16-36(24,2)34(26)28(41)21-37(27,38)3)31(42)22-50-32(43)13-9-23-8-12-29(30(19-23)48-4)52-33(44)7-6-18-51-39(46)47/h8-9,12-14,16,19-20,26-28,34,41H,5-7,10-11,15,17-18,21-22H2,1-4H3/b13-9+/t26-,27-,28-,34+,36-,37-,38-/m0/s1. The zero-order valence-electron chi connectivity index (χ0n) is 30.2. The maximum atomic E-state index is 14.2. The molecule has 15 heteroatoms. The Balaban J connectivity index is 1.27. The topological polar surface area (TPSA) is 204 Å². The van der Waals surface area contributed by atoms with Gasteiger partial charge in [-0.15, -0.1) is 10.1 Å². The maximum absolute atomic E-state index is 14.2. The molecule has 0 bridgehead atoms. The predicted octanol–water partition coefficient (Wildman–Crippen LogP) is 4.91. The van der Waals surface area contributed by atoms with E-state index in [0.717, 1.165) is 11.6 Å². The fourth-order valence-corrected chi connectivity index (χ4v) is 9.15. The van der Waals surface area contributed by atoms with Crippen molar-refractivity contribution in [2.24, 2.45) is 28.6 Å². The van der Waals surface area contributed by atoms with E-state index in [2.05, 4.69) is 4.84 Å². The summed E-state index contributed by atoms with van der Waals surface area (Å²) in [6.07, 6.45) is 7.87. The van der Waals surface area contributed by atoms with Crippen LogP contribution in [-0.4, -0.2) is 78.5 Å². The van der Waals surface area contributed by atoms with Crippen LogP contribution < -0.4 is 9.47 Å². The number of aliphatic hydroxyl groups excluding tert-OH is 1. The van der Waals surface area contributed by atoms with Gasteiger partial charge in [0.25, 0.3) is 5.09 Å². The second-order valence-electron chi connectivity index (χ2n) is 14.3. The van der Waals surface area contributed by atoms with Crippen molar-refractivity contribution < 1.29 is 62.7 Å². The molecule has 0 aliphatic heterocycles. The fourth-order valence-electron chi connectivity index (χ4n) is 9.15. The minimum atomic E-state index is -1.73. The molecule has 53 heavy (non-hydrogen) atoms. The molecule has 0 unspecified atom stereocenters. The van der Waals surface area contributed by atoms with Crippen molar-refractivity contribution in [3.8, 4) is 11.5 Å². The Morgan fingerprint density at radius 2 is 1.89 bits per heavy atom. The van der Waals surface area contributed by atoms with Crippen molar-refractivity contribution in [3.63, 3.8) is 0 Å². The molecule has 4 aliphatic rings. The zero-order valence-corrected chi connectivity index (χ0v) is 30.2. The number of carbonyl (C=O) groups excluding carboxylic acids is 5. The molecule has 1 N–H and O–H groups in total. The Kier molecular flexibility index (Phi) is 11.8. The number of aliphatic hydroxyl groups is 1. The van der Waals surface area contributed by atoms with Gasteiger partial charge in [-0.2, -0.15) is 0 Å². The van der Waals surface area contributed by atoms with Gasteiger partial charge in [-0.1, -0.05) is 31.6 Å². The first kappa shape index (κ1) is 39.2. The largest absolute Gasteiger partial charge is 0.509 e. The lowest BCUT2D eigenvalue weighted by atomic mass is 9.46. The van der Waals surface area contributed by atoms with E-state index in [1.807, 2.05) is 19.9 Å². The van der Waals surface area contributed by atoms with Gasteiger partial charge in [-0.25, -0.2) is 9.59 Å². The fraction of sp³-hybridized carbons (Fsp3) is 0.553. The van der Waals surface area contributed by atoms with Crippen LogP contribution in [0.5, 0.6) is 11.5 Å². The van der Waals surface area contributed by atoms with E-state index in [-0.39, 0.29) is 73.9 Å². The van der Waals surface area contributed by atoms with E-state index in [4.69, 9.17) is 23.7 Å². The van der Waals surface area contributed by atoms with Crippen molar-refractivity contribution >= 4 is 35.7 Å².